The van der Waals surface area contributed by atoms with Gasteiger partial charge in [0.15, 0.2) is 0 Å². The van der Waals surface area contributed by atoms with E-state index in [0.29, 0.717) is 37.6 Å². The fraction of sp³-hybridized carbons (Fsp3) is 0.400. The highest BCUT2D eigenvalue weighted by Gasteiger charge is 2.26. The third-order valence-corrected chi connectivity index (χ3v) is 3.57. The fourth-order valence-electron chi connectivity index (χ4n) is 2.62. The van der Waals surface area contributed by atoms with Gasteiger partial charge in [0.1, 0.15) is 11.2 Å². The summed E-state index contributed by atoms with van der Waals surface area (Å²) >= 11 is 0. The van der Waals surface area contributed by atoms with E-state index >= 15 is 0 Å². The number of H-pyrrole nitrogens is 1. The van der Waals surface area contributed by atoms with Crippen LogP contribution < -0.4 is 10.5 Å². The average Bonchev–Trinajstić information content (AvgIpc) is 2.54. The van der Waals surface area contributed by atoms with E-state index in [-0.39, 0.29) is 12.2 Å². The van der Waals surface area contributed by atoms with Gasteiger partial charge >= 0.3 is 5.97 Å². The van der Waals surface area contributed by atoms with Crippen molar-refractivity contribution in [2.75, 3.05) is 37.8 Å². The van der Waals surface area contributed by atoms with Gasteiger partial charge in [0.2, 0.25) is 0 Å². The monoisotopic (exact) mass is 303 g/mol. The number of aromatic nitrogens is 2. The lowest BCUT2D eigenvalue weighted by Gasteiger charge is -2.30. The third kappa shape index (κ3) is 2.55. The highest BCUT2D eigenvalue weighted by atomic mass is 16.5. The van der Waals surface area contributed by atoms with Gasteiger partial charge in [-0.3, -0.25) is 4.79 Å². The number of morpholine rings is 1. The predicted octanol–water partition coefficient (Wildman–Crippen LogP) is 0.936. The van der Waals surface area contributed by atoms with Gasteiger partial charge in [-0.2, -0.15) is 0 Å². The van der Waals surface area contributed by atoms with E-state index in [1.54, 1.807) is 19.2 Å². The lowest BCUT2D eigenvalue weighted by atomic mass is 10.1. The lowest BCUT2D eigenvalue weighted by molar-refractivity contribution is 0.0524. The third-order valence-electron chi connectivity index (χ3n) is 3.57. The molecule has 2 aromatic heterocycles. The molecular formula is C15H17N3O4. The summed E-state index contributed by atoms with van der Waals surface area (Å²) in [7, 11) is 0. The second kappa shape index (κ2) is 6.15. The molecule has 0 spiro atoms. The van der Waals surface area contributed by atoms with Crippen molar-refractivity contribution in [3.8, 4) is 0 Å². The van der Waals surface area contributed by atoms with Gasteiger partial charge < -0.3 is 19.4 Å². The van der Waals surface area contributed by atoms with Gasteiger partial charge in [-0.25, -0.2) is 9.78 Å². The smallest absolute Gasteiger partial charge is 0.345 e. The number of carbonyl (C=O) groups is 1. The Bertz CT molecular complexity index is 750. The minimum Gasteiger partial charge on any atom is -0.462 e. The summed E-state index contributed by atoms with van der Waals surface area (Å²) in [6.07, 6.45) is 1.60. The second-order valence-corrected chi connectivity index (χ2v) is 4.90. The van der Waals surface area contributed by atoms with Crippen LogP contribution in [0, 0.1) is 0 Å². The maximum absolute atomic E-state index is 12.4. The number of hydrogen-bond acceptors (Lipinski definition) is 6. The van der Waals surface area contributed by atoms with E-state index < -0.39 is 11.5 Å². The first-order valence-corrected chi connectivity index (χ1v) is 7.23. The first-order chi connectivity index (χ1) is 10.7. The Morgan fingerprint density at radius 1 is 1.45 bits per heavy atom. The first kappa shape index (κ1) is 14.5. The zero-order valence-electron chi connectivity index (χ0n) is 12.3. The molecule has 7 nitrogen and oxygen atoms in total. The Balaban J connectivity index is 2.25. The van der Waals surface area contributed by atoms with Crippen LogP contribution in [0.2, 0.25) is 0 Å². The molecule has 0 amide bonds. The number of fused-ring (bicyclic) bond motifs is 1. The normalized spacial score (nSPS) is 15.0. The minimum atomic E-state index is -0.615. The number of aromatic amines is 1. The van der Waals surface area contributed by atoms with Crippen molar-refractivity contribution in [2.45, 2.75) is 6.92 Å². The Labute approximate surface area is 126 Å². The number of ether oxygens (including phenoxy) is 2. The standard InChI is InChI=1S/C15H17N3O4/c1-2-22-15(20)11-12(18-6-8-21-9-7-18)10-4-3-5-16-13(10)17-14(11)19/h3-5H,2,6-9H2,1H3,(H,16,17,19). The summed E-state index contributed by atoms with van der Waals surface area (Å²) in [6, 6.07) is 3.62. The van der Waals surface area contributed by atoms with Gasteiger partial charge in [-0.15, -0.1) is 0 Å². The van der Waals surface area contributed by atoms with Gasteiger partial charge in [0.25, 0.3) is 5.56 Å². The first-order valence-electron chi connectivity index (χ1n) is 7.23. The van der Waals surface area contributed by atoms with Crippen LogP contribution in [0.5, 0.6) is 0 Å². The molecule has 3 rings (SSSR count). The molecule has 0 atom stereocenters. The number of esters is 1. The second-order valence-electron chi connectivity index (χ2n) is 4.90. The fourth-order valence-corrected chi connectivity index (χ4v) is 2.62. The number of anilines is 1. The molecule has 0 unspecified atom stereocenters. The van der Waals surface area contributed by atoms with E-state index in [9.17, 15) is 9.59 Å². The number of pyridine rings is 2. The van der Waals surface area contributed by atoms with Crippen LogP contribution in [0.15, 0.2) is 23.1 Å². The summed E-state index contributed by atoms with van der Waals surface area (Å²) < 4.78 is 10.4. The minimum absolute atomic E-state index is 0.0317. The molecule has 22 heavy (non-hydrogen) atoms. The highest BCUT2D eigenvalue weighted by Crippen LogP contribution is 2.27. The summed E-state index contributed by atoms with van der Waals surface area (Å²) in [6.45, 7) is 4.25. The van der Waals surface area contributed by atoms with Gasteiger partial charge in [0, 0.05) is 24.7 Å². The lowest BCUT2D eigenvalue weighted by Crippen LogP contribution is -2.39. The van der Waals surface area contributed by atoms with E-state index in [2.05, 4.69) is 9.97 Å². The molecule has 1 aliphatic rings. The molecule has 1 fully saturated rings. The van der Waals surface area contributed by atoms with Crippen molar-refractivity contribution in [1.82, 2.24) is 9.97 Å². The maximum atomic E-state index is 12.4. The summed E-state index contributed by atoms with van der Waals surface area (Å²) in [5.74, 6) is -0.615. The molecule has 7 heteroatoms. The predicted molar refractivity (Wildman–Crippen MR) is 81.4 cm³/mol. The van der Waals surface area contributed by atoms with Gasteiger partial charge in [-0.05, 0) is 19.1 Å². The molecule has 2 aromatic rings. The van der Waals surface area contributed by atoms with Crippen LogP contribution in [0.25, 0.3) is 11.0 Å². The molecule has 0 radical (unpaired) electrons. The van der Waals surface area contributed by atoms with E-state index in [1.165, 1.54) is 0 Å². The molecule has 1 aliphatic heterocycles. The Kier molecular flexibility index (Phi) is 4.06. The number of hydrogen-bond donors (Lipinski definition) is 1. The quantitative estimate of drug-likeness (QED) is 0.849. The summed E-state index contributed by atoms with van der Waals surface area (Å²) in [5.41, 5.74) is 0.589. The zero-order valence-corrected chi connectivity index (χ0v) is 12.3. The zero-order chi connectivity index (χ0) is 15.5. The van der Waals surface area contributed by atoms with Crippen molar-refractivity contribution >= 4 is 22.7 Å². The molecule has 0 saturated carbocycles. The SMILES string of the molecule is CCOC(=O)c1c(N2CCOCC2)c2cccnc2[nH]c1=O. The average molecular weight is 303 g/mol. The van der Waals surface area contributed by atoms with E-state index in [0.717, 1.165) is 5.39 Å². The number of nitrogens with zero attached hydrogens (tertiary/aromatic N) is 2. The Hall–Kier alpha value is -2.41. The van der Waals surface area contributed by atoms with Crippen molar-refractivity contribution in [2.24, 2.45) is 0 Å². The van der Waals surface area contributed by atoms with E-state index in [4.69, 9.17) is 9.47 Å². The van der Waals surface area contributed by atoms with Crippen LogP contribution in [0.1, 0.15) is 17.3 Å². The summed E-state index contributed by atoms with van der Waals surface area (Å²) in [4.78, 5) is 33.4. The van der Waals surface area contributed by atoms with Gasteiger partial charge in [0.05, 0.1) is 25.5 Å². The van der Waals surface area contributed by atoms with Crippen molar-refractivity contribution in [1.29, 1.82) is 0 Å². The highest BCUT2D eigenvalue weighted by molar-refractivity contribution is 6.04. The summed E-state index contributed by atoms with van der Waals surface area (Å²) in [5, 5.41) is 0.729. The Morgan fingerprint density at radius 3 is 2.95 bits per heavy atom. The van der Waals surface area contributed by atoms with E-state index in [1.807, 2.05) is 11.0 Å². The molecule has 3 heterocycles. The van der Waals surface area contributed by atoms with Crippen LogP contribution in [-0.2, 0) is 9.47 Å². The molecule has 1 saturated heterocycles. The molecular weight excluding hydrogens is 286 g/mol. The Morgan fingerprint density at radius 2 is 2.23 bits per heavy atom. The van der Waals surface area contributed by atoms with Crippen LogP contribution in [0.3, 0.4) is 0 Å². The van der Waals surface area contributed by atoms with Gasteiger partial charge in [-0.1, -0.05) is 0 Å². The number of carbonyl (C=O) groups excluding carboxylic acids is 1. The van der Waals surface area contributed by atoms with Crippen LogP contribution in [0.4, 0.5) is 5.69 Å². The van der Waals surface area contributed by atoms with Crippen LogP contribution >= 0.6 is 0 Å². The van der Waals surface area contributed by atoms with Crippen molar-refractivity contribution in [3.63, 3.8) is 0 Å². The molecule has 0 bridgehead atoms. The maximum Gasteiger partial charge on any atom is 0.345 e. The topological polar surface area (TPSA) is 84.5 Å². The number of rotatable bonds is 3. The number of nitrogens with one attached hydrogen (secondary N) is 1. The van der Waals surface area contributed by atoms with Crippen LogP contribution in [-0.4, -0.2) is 48.8 Å². The van der Waals surface area contributed by atoms with Crippen molar-refractivity contribution < 1.29 is 14.3 Å². The van der Waals surface area contributed by atoms with Crippen molar-refractivity contribution in [3.05, 3.63) is 34.2 Å². The molecule has 116 valence electrons. The largest absolute Gasteiger partial charge is 0.462 e. The molecule has 0 aromatic carbocycles. The molecule has 1 N–H and O–H groups in total. The molecule has 0 aliphatic carbocycles.